The molecule has 17 heavy (non-hydrogen) atoms. The first-order valence-electron chi connectivity index (χ1n) is 4.72. The quantitative estimate of drug-likeness (QED) is 0.385. The highest BCUT2D eigenvalue weighted by atomic mass is 31.1. The molecule has 0 saturated heterocycles. The number of hydrogen-bond acceptors (Lipinski definition) is 6. The van der Waals surface area contributed by atoms with Crippen LogP contribution in [0.5, 0.6) is 0 Å². The van der Waals surface area contributed by atoms with Crippen LogP contribution in [0.3, 0.4) is 0 Å². The van der Waals surface area contributed by atoms with Crippen molar-refractivity contribution in [2.75, 3.05) is 27.6 Å². The van der Waals surface area contributed by atoms with Crippen molar-refractivity contribution < 1.29 is 28.2 Å². The molecule has 0 spiro atoms. The van der Waals surface area contributed by atoms with E-state index < -0.39 is 8.25 Å². The van der Waals surface area contributed by atoms with Gasteiger partial charge in [0.25, 0.3) is 5.95 Å². The molecule has 0 amide bonds. The Hall–Kier alpha value is -1.30. The molecule has 98 valence electrons. The van der Waals surface area contributed by atoms with Gasteiger partial charge in [0.15, 0.2) is 12.6 Å². The van der Waals surface area contributed by atoms with Crippen molar-refractivity contribution in [2.45, 2.75) is 6.92 Å². The van der Waals surface area contributed by atoms with Crippen molar-refractivity contribution >= 4 is 8.25 Å². The van der Waals surface area contributed by atoms with Crippen molar-refractivity contribution in [1.29, 1.82) is 0 Å². The Morgan fingerprint density at radius 2 is 2.12 bits per heavy atom. The van der Waals surface area contributed by atoms with E-state index in [4.69, 9.17) is 19.1 Å². The third-order valence-electron chi connectivity index (χ3n) is 1.61. The lowest BCUT2D eigenvalue weighted by Crippen LogP contribution is -2.20. The second-order valence-electron chi connectivity index (χ2n) is 2.65. The van der Waals surface area contributed by atoms with E-state index in [0.29, 0.717) is 6.61 Å². The van der Waals surface area contributed by atoms with E-state index in [0.717, 1.165) is 0 Å². The molecule has 0 aromatic heterocycles. The van der Waals surface area contributed by atoms with Crippen LogP contribution in [0.1, 0.15) is 6.92 Å². The predicted molar refractivity (Wildman–Crippen MR) is 60.5 cm³/mol. The van der Waals surface area contributed by atoms with Crippen LogP contribution in [0.4, 0.5) is 0 Å². The summed E-state index contributed by atoms with van der Waals surface area (Å²) < 4.78 is 29.9. The summed E-state index contributed by atoms with van der Waals surface area (Å²) >= 11 is 0. The average molecular weight is 266 g/mol. The summed E-state index contributed by atoms with van der Waals surface area (Å²) in [7, 11) is 0.146. The zero-order valence-corrected chi connectivity index (χ0v) is 11.0. The Bertz CT molecular complexity index is 293. The third-order valence-corrected chi connectivity index (χ3v) is 1.95. The van der Waals surface area contributed by atoms with E-state index in [1.54, 1.807) is 6.92 Å². The predicted octanol–water partition coefficient (Wildman–Crippen LogP) is 1.51. The van der Waals surface area contributed by atoms with E-state index in [2.05, 4.69) is 11.1 Å². The third kappa shape index (κ3) is 6.78. The normalized spacial score (nSPS) is 11.8. The number of ether oxygens (including phenoxy) is 3. The first-order chi connectivity index (χ1) is 8.04. The molecule has 0 aliphatic carbocycles. The van der Waals surface area contributed by atoms with Crippen molar-refractivity contribution in [1.82, 2.24) is 4.90 Å². The summed E-state index contributed by atoms with van der Waals surface area (Å²) in [5.41, 5.74) is 0. The maximum absolute atomic E-state index is 10.4. The van der Waals surface area contributed by atoms with E-state index in [1.807, 2.05) is 0 Å². The van der Waals surface area contributed by atoms with Crippen LogP contribution in [0.2, 0.25) is 0 Å². The fourth-order valence-corrected chi connectivity index (χ4v) is 1.05. The second-order valence-corrected chi connectivity index (χ2v) is 3.38. The van der Waals surface area contributed by atoms with Gasteiger partial charge in [0.1, 0.15) is 0 Å². The molecule has 0 aromatic rings. The fraction of sp³-hybridized carbons (Fsp3) is 0.556. The number of hydrogen-bond donors (Lipinski definition) is 1. The maximum Gasteiger partial charge on any atom is 0.696 e. The van der Waals surface area contributed by atoms with Crippen LogP contribution >= 0.6 is 8.25 Å². The summed E-state index contributed by atoms with van der Waals surface area (Å²) in [6.45, 7) is 5.59. The SMILES string of the molecule is C=C(OC)N(C=C(OC)OCC)CO[P+](=O)O. The lowest BCUT2D eigenvalue weighted by Gasteiger charge is -2.19. The molecular weight excluding hydrogens is 249 g/mol. The minimum Gasteiger partial charge on any atom is -0.483 e. The van der Waals surface area contributed by atoms with Gasteiger partial charge in [-0.05, 0) is 13.5 Å². The lowest BCUT2D eigenvalue weighted by molar-refractivity contribution is 0.0504. The van der Waals surface area contributed by atoms with Gasteiger partial charge < -0.3 is 14.2 Å². The minimum absolute atomic E-state index is 0.210. The van der Waals surface area contributed by atoms with Gasteiger partial charge in [0.05, 0.1) is 27.0 Å². The van der Waals surface area contributed by atoms with Gasteiger partial charge in [-0.15, -0.1) is 4.89 Å². The Morgan fingerprint density at radius 3 is 2.53 bits per heavy atom. The number of methoxy groups -OCH3 is 2. The van der Waals surface area contributed by atoms with Crippen molar-refractivity contribution in [2.24, 2.45) is 0 Å². The molecule has 8 heteroatoms. The minimum atomic E-state index is -2.70. The van der Waals surface area contributed by atoms with Gasteiger partial charge in [-0.25, -0.2) is 0 Å². The van der Waals surface area contributed by atoms with E-state index in [9.17, 15) is 4.57 Å². The molecule has 0 aliphatic heterocycles. The van der Waals surface area contributed by atoms with E-state index in [1.165, 1.54) is 25.3 Å². The lowest BCUT2D eigenvalue weighted by atomic mass is 10.6. The summed E-state index contributed by atoms with van der Waals surface area (Å²) in [6, 6.07) is 0. The van der Waals surface area contributed by atoms with Gasteiger partial charge in [0.2, 0.25) is 0 Å². The van der Waals surface area contributed by atoms with Crippen LogP contribution in [-0.4, -0.2) is 37.4 Å². The van der Waals surface area contributed by atoms with Crippen LogP contribution in [0.15, 0.2) is 24.6 Å². The molecule has 0 radical (unpaired) electrons. The number of nitrogens with zero attached hydrogens (tertiary/aromatic N) is 1. The molecule has 0 aromatic carbocycles. The molecule has 1 atom stereocenters. The van der Waals surface area contributed by atoms with Crippen molar-refractivity contribution in [3.63, 3.8) is 0 Å². The molecule has 0 heterocycles. The monoisotopic (exact) mass is 266 g/mol. The molecule has 1 unspecified atom stereocenters. The molecule has 0 rings (SSSR count). The maximum atomic E-state index is 10.4. The molecule has 0 bridgehead atoms. The zero-order valence-electron chi connectivity index (χ0n) is 10.1. The van der Waals surface area contributed by atoms with Gasteiger partial charge in [-0.3, -0.25) is 4.90 Å². The Morgan fingerprint density at radius 1 is 1.47 bits per heavy atom. The topological polar surface area (TPSA) is 77.5 Å². The second kappa shape index (κ2) is 8.81. The smallest absolute Gasteiger partial charge is 0.483 e. The largest absolute Gasteiger partial charge is 0.696 e. The van der Waals surface area contributed by atoms with Crippen molar-refractivity contribution in [3.8, 4) is 0 Å². The van der Waals surface area contributed by atoms with Gasteiger partial charge in [-0.1, -0.05) is 4.52 Å². The molecule has 0 aliphatic rings. The summed E-state index contributed by atoms with van der Waals surface area (Å²) in [5.74, 6) is 0.429. The van der Waals surface area contributed by atoms with E-state index >= 15 is 0 Å². The molecule has 0 fully saturated rings. The Labute approximate surface area is 101 Å². The van der Waals surface area contributed by atoms with Crippen LogP contribution < -0.4 is 0 Å². The Kier molecular flexibility index (Phi) is 8.13. The standard InChI is InChI=1S/C9H16NO6P/c1-5-15-9(14-4)6-10(8(2)13-3)7-16-17(11)12/h6H,2,5,7H2,1,3-4H3/p+1. The van der Waals surface area contributed by atoms with Crippen molar-refractivity contribution in [3.05, 3.63) is 24.6 Å². The Balaban J connectivity index is 4.65. The summed E-state index contributed by atoms with van der Waals surface area (Å²) in [5, 5.41) is 0. The zero-order chi connectivity index (χ0) is 13.3. The molecular formula is C9H17NO6P+. The van der Waals surface area contributed by atoms with Crippen LogP contribution in [0, 0.1) is 0 Å². The highest BCUT2D eigenvalue weighted by Crippen LogP contribution is 2.17. The highest BCUT2D eigenvalue weighted by molar-refractivity contribution is 7.32. The first-order valence-corrected chi connectivity index (χ1v) is 5.85. The van der Waals surface area contributed by atoms with Gasteiger partial charge >= 0.3 is 8.25 Å². The van der Waals surface area contributed by atoms with E-state index in [-0.39, 0.29) is 18.6 Å². The van der Waals surface area contributed by atoms with Crippen LogP contribution in [-0.2, 0) is 23.3 Å². The number of rotatable bonds is 9. The van der Waals surface area contributed by atoms with Crippen LogP contribution in [0.25, 0.3) is 0 Å². The highest BCUT2D eigenvalue weighted by Gasteiger charge is 2.17. The fourth-order valence-electron chi connectivity index (χ4n) is 0.829. The summed E-state index contributed by atoms with van der Waals surface area (Å²) in [4.78, 5) is 9.89. The first kappa shape index (κ1) is 15.7. The average Bonchev–Trinajstić information content (AvgIpc) is 2.31. The molecule has 1 N–H and O–H groups in total. The van der Waals surface area contributed by atoms with Gasteiger partial charge in [-0.2, -0.15) is 0 Å². The molecule has 7 nitrogen and oxygen atoms in total. The summed E-state index contributed by atoms with van der Waals surface area (Å²) in [6.07, 6.45) is 1.41. The van der Waals surface area contributed by atoms with Gasteiger partial charge in [0, 0.05) is 4.57 Å². The molecule has 0 saturated carbocycles.